The lowest BCUT2D eigenvalue weighted by molar-refractivity contribution is -0.0811. The number of aryl methyl sites for hydroxylation is 1. The minimum atomic E-state index is -1.68. The van der Waals surface area contributed by atoms with E-state index in [-0.39, 0.29) is 22.6 Å². The molecule has 0 radical (unpaired) electrons. The number of fused-ring (bicyclic) bond motifs is 3. The number of aliphatic hydroxyl groups excluding tert-OH is 2. The number of allylic oxidation sites excluding steroid dienone is 2. The Labute approximate surface area is 200 Å². The van der Waals surface area contributed by atoms with E-state index >= 15 is 0 Å². The van der Waals surface area contributed by atoms with Crippen molar-refractivity contribution in [1.29, 1.82) is 0 Å². The van der Waals surface area contributed by atoms with Gasteiger partial charge in [0, 0.05) is 33.7 Å². The molecule has 0 saturated heterocycles. The van der Waals surface area contributed by atoms with Crippen molar-refractivity contribution >= 4 is 22.7 Å². The van der Waals surface area contributed by atoms with Gasteiger partial charge in [0.2, 0.25) is 0 Å². The van der Waals surface area contributed by atoms with Gasteiger partial charge in [-0.25, -0.2) is 0 Å². The van der Waals surface area contributed by atoms with Crippen molar-refractivity contribution in [3.05, 3.63) is 93.9 Å². The molecule has 0 fully saturated rings. The van der Waals surface area contributed by atoms with Gasteiger partial charge in [0.1, 0.15) is 11.4 Å². The topological polar surface area (TPSA) is 90.0 Å². The quantitative estimate of drug-likeness (QED) is 0.526. The highest BCUT2D eigenvalue weighted by molar-refractivity contribution is 6.33. The second-order valence-electron chi connectivity index (χ2n) is 9.59. The van der Waals surface area contributed by atoms with Gasteiger partial charge >= 0.3 is 0 Å². The Morgan fingerprint density at radius 1 is 1.15 bits per heavy atom. The number of nitrogens with two attached hydrogens (primary N) is 1. The third-order valence-electron chi connectivity index (χ3n) is 7.68. The number of hydrogen-bond acceptors (Lipinski definition) is 5. The Morgan fingerprint density at radius 2 is 1.76 bits per heavy atom. The van der Waals surface area contributed by atoms with Gasteiger partial charge in [-0.1, -0.05) is 44.0 Å². The van der Waals surface area contributed by atoms with Gasteiger partial charge in [0.25, 0.3) is 0 Å². The molecule has 1 aromatic rings. The number of likely N-dealkylation sites (N-methyl/N-ethyl adjacent to an activating group) is 1. The Hall–Kier alpha value is -2.57. The molecule has 3 aliphatic rings. The fourth-order valence-electron chi connectivity index (χ4n) is 6.21. The maximum absolute atomic E-state index is 12.3. The minimum absolute atomic E-state index is 0.0722. The van der Waals surface area contributed by atoms with E-state index in [4.69, 9.17) is 17.3 Å². The van der Waals surface area contributed by atoms with Crippen LogP contribution in [0.5, 0.6) is 0 Å². The van der Waals surface area contributed by atoms with Crippen molar-refractivity contribution in [3.63, 3.8) is 0 Å². The van der Waals surface area contributed by atoms with Crippen LogP contribution in [0.1, 0.15) is 23.6 Å². The summed E-state index contributed by atoms with van der Waals surface area (Å²) in [4.78, 5) is 1.76. The maximum Gasteiger partial charge on any atom is 0.119 e. The highest BCUT2D eigenvalue weighted by atomic mass is 35.5. The Kier molecular flexibility index (Phi) is 5.34. The zero-order valence-corrected chi connectivity index (χ0v) is 20.3. The molecule has 4 rings (SSSR count). The summed E-state index contributed by atoms with van der Waals surface area (Å²) in [5.41, 5.74) is 10.1. The summed E-state index contributed by atoms with van der Waals surface area (Å²) in [6.07, 6.45) is -1.11. The lowest BCUT2D eigenvalue weighted by atomic mass is 9.53. The first-order valence-corrected chi connectivity index (χ1v) is 11.2. The van der Waals surface area contributed by atoms with E-state index in [1.165, 1.54) is 0 Å². The summed E-state index contributed by atoms with van der Waals surface area (Å²) in [5.74, 6) is -1.47. The molecule has 5 unspecified atom stereocenters. The third kappa shape index (κ3) is 2.83. The molecular weight excluding hydrogens is 436 g/mol. The van der Waals surface area contributed by atoms with Gasteiger partial charge in [-0.15, -0.1) is 0 Å². The number of halogens is 1. The van der Waals surface area contributed by atoms with Crippen LogP contribution >= 0.6 is 11.6 Å². The van der Waals surface area contributed by atoms with Crippen LogP contribution in [0, 0.1) is 18.8 Å². The average molecular weight is 467 g/mol. The van der Waals surface area contributed by atoms with E-state index < -0.39 is 29.6 Å². The Balaban J connectivity index is 2.09. The third-order valence-corrected chi connectivity index (χ3v) is 8.00. The molecule has 3 aliphatic carbocycles. The molecule has 33 heavy (non-hydrogen) atoms. The molecule has 5 N–H and O–H groups in total. The summed E-state index contributed by atoms with van der Waals surface area (Å²) < 4.78 is 0. The van der Waals surface area contributed by atoms with Crippen LogP contribution in [-0.2, 0) is 0 Å². The summed E-state index contributed by atoms with van der Waals surface area (Å²) in [6.45, 7) is 20.4. The molecule has 6 heteroatoms. The maximum atomic E-state index is 12.3. The molecule has 0 amide bonds. The van der Waals surface area contributed by atoms with Crippen molar-refractivity contribution in [1.82, 2.24) is 4.90 Å². The standard InChI is InChI=1S/C27H31ClN2O3/c1-11-9-10-17(28)20-13(3)21-19(12(2)18(11)20)14(4)27(33)15(5)22(16(6)29)26(32)24(30(7)8)23(27)25(21)31/h9-10,21,23-25,31-33H,2-3,5-6,29H2,1,4,7-8H3. The zero-order chi connectivity index (χ0) is 24.7. The minimum Gasteiger partial charge on any atom is -0.510 e. The van der Waals surface area contributed by atoms with E-state index in [1.54, 1.807) is 19.0 Å². The smallest absolute Gasteiger partial charge is 0.119 e. The second-order valence-corrected chi connectivity index (χ2v) is 10.00. The first-order valence-electron chi connectivity index (χ1n) is 10.8. The predicted molar refractivity (Wildman–Crippen MR) is 134 cm³/mol. The van der Waals surface area contributed by atoms with Gasteiger partial charge in [-0.2, -0.15) is 0 Å². The molecule has 5 nitrogen and oxygen atoms in total. The van der Waals surface area contributed by atoms with Crippen LogP contribution in [0.15, 0.2) is 72.2 Å². The fourth-order valence-corrected chi connectivity index (χ4v) is 6.49. The lowest BCUT2D eigenvalue weighted by Crippen LogP contribution is -2.64. The molecular formula is C27H31ClN2O3. The van der Waals surface area contributed by atoms with Gasteiger partial charge in [0.15, 0.2) is 0 Å². The molecule has 0 heterocycles. The van der Waals surface area contributed by atoms with Crippen LogP contribution in [0.2, 0.25) is 5.02 Å². The van der Waals surface area contributed by atoms with Crippen LogP contribution in [0.25, 0.3) is 11.1 Å². The molecule has 0 bridgehead atoms. The van der Waals surface area contributed by atoms with Crippen molar-refractivity contribution in [2.45, 2.75) is 31.6 Å². The highest BCUT2D eigenvalue weighted by Crippen LogP contribution is 2.60. The number of rotatable bonds is 2. The Morgan fingerprint density at radius 3 is 2.30 bits per heavy atom. The van der Waals surface area contributed by atoms with Crippen molar-refractivity contribution < 1.29 is 15.3 Å². The van der Waals surface area contributed by atoms with Gasteiger partial charge < -0.3 is 21.1 Å². The number of hydrogen-bond donors (Lipinski definition) is 4. The van der Waals surface area contributed by atoms with Gasteiger partial charge in [0.05, 0.1) is 12.1 Å². The van der Waals surface area contributed by atoms with Gasteiger partial charge in [-0.05, 0) is 73.0 Å². The van der Waals surface area contributed by atoms with Crippen LogP contribution in [0.3, 0.4) is 0 Å². The summed E-state index contributed by atoms with van der Waals surface area (Å²) in [5, 5.41) is 35.9. The number of nitrogens with zero attached hydrogens (tertiary/aromatic N) is 1. The number of benzene rings is 1. The van der Waals surface area contributed by atoms with Crippen LogP contribution < -0.4 is 5.73 Å². The normalized spacial score (nSPS) is 31.6. The van der Waals surface area contributed by atoms with E-state index in [0.29, 0.717) is 27.3 Å². The number of aliphatic hydroxyl groups is 3. The molecule has 0 aromatic heterocycles. The monoisotopic (exact) mass is 466 g/mol. The fraction of sp³-hybridized carbons (Fsp3) is 0.333. The molecule has 5 atom stereocenters. The highest BCUT2D eigenvalue weighted by Gasteiger charge is 2.61. The molecule has 174 valence electrons. The van der Waals surface area contributed by atoms with Gasteiger partial charge in [-0.3, -0.25) is 4.90 Å². The lowest BCUT2D eigenvalue weighted by Gasteiger charge is -2.56. The van der Waals surface area contributed by atoms with E-state index in [9.17, 15) is 15.3 Å². The molecule has 1 aromatic carbocycles. The van der Waals surface area contributed by atoms with E-state index in [1.807, 2.05) is 26.0 Å². The molecule has 0 aliphatic heterocycles. The van der Waals surface area contributed by atoms with Crippen molar-refractivity contribution in [2.24, 2.45) is 17.6 Å². The second kappa shape index (κ2) is 7.47. The summed E-state index contributed by atoms with van der Waals surface area (Å²) >= 11 is 6.59. The first-order chi connectivity index (χ1) is 15.3. The predicted octanol–water partition coefficient (Wildman–Crippen LogP) is 4.13. The van der Waals surface area contributed by atoms with Crippen molar-refractivity contribution in [3.8, 4) is 0 Å². The van der Waals surface area contributed by atoms with Crippen LogP contribution in [0.4, 0.5) is 0 Å². The summed E-state index contributed by atoms with van der Waals surface area (Å²) in [7, 11) is 3.55. The largest absolute Gasteiger partial charge is 0.510 e. The van der Waals surface area contributed by atoms with Crippen molar-refractivity contribution in [2.75, 3.05) is 14.1 Å². The average Bonchev–Trinajstić information content (AvgIpc) is 2.72. The molecule has 0 saturated carbocycles. The molecule has 0 spiro atoms. The Bertz CT molecular complexity index is 1220. The summed E-state index contributed by atoms with van der Waals surface area (Å²) in [6, 6.07) is 3.00. The zero-order valence-electron chi connectivity index (χ0n) is 19.5. The SMILES string of the molecule is C=C(N)C1=C(O)C(N(C)C)C2C(O)C3C(=C)c4c(Cl)ccc(C)c4C(=C)C3=C(C)C2(O)C1=C. The van der Waals surface area contributed by atoms with Crippen LogP contribution in [-0.4, -0.2) is 52.1 Å². The first kappa shape index (κ1) is 23.6. The van der Waals surface area contributed by atoms with E-state index in [0.717, 1.165) is 16.7 Å². The van der Waals surface area contributed by atoms with E-state index in [2.05, 4.69) is 26.3 Å².